The van der Waals surface area contributed by atoms with Crippen LogP contribution in [-0.4, -0.2) is 46.6 Å². The van der Waals surface area contributed by atoms with Gasteiger partial charge in [-0.25, -0.2) is 9.37 Å². The summed E-state index contributed by atoms with van der Waals surface area (Å²) < 4.78 is 18.7. The molecule has 0 bridgehead atoms. The van der Waals surface area contributed by atoms with Gasteiger partial charge < -0.3 is 14.6 Å². The molecule has 6 nitrogen and oxygen atoms in total. The number of hydrogen-bond acceptors (Lipinski definition) is 4. The first kappa shape index (κ1) is 18.3. The summed E-state index contributed by atoms with van der Waals surface area (Å²) >= 11 is 0. The van der Waals surface area contributed by atoms with Crippen LogP contribution in [0.1, 0.15) is 24.1 Å². The molecule has 1 aromatic heterocycles. The number of aromatic amines is 1. The van der Waals surface area contributed by atoms with E-state index in [0.29, 0.717) is 45.4 Å². The molecule has 1 amide bonds. The summed E-state index contributed by atoms with van der Waals surface area (Å²) in [6.07, 6.45) is 3.67. The number of carbonyl (C=O) groups excluding carboxylic acids is 1. The highest BCUT2D eigenvalue weighted by Crippen LogP contribution is 2.13. The highest BCUT2D eigenvalue weighted by molar-refractivity contribution is 5.76. The number of benzene rings is 1. The smallest absolute Gasteiger partial charge is 0.250 e. The third-order valence-electron chi connectivity index (χ3n) is 4.49. The number of halogens is 1. The number of aryl methyl sites for hydroxylation is 2. The molecule has 0 saturated carbocycles. The molecule has 1 aliphatic heterocycles. The van der Waals surface area contributed by atoms with Crippen molar-refractivity contribution >= 4 is 5.91 Å². The minimum atomic E-state index is -0.272. The number of morpholine rings is 1. The van der Waals surface area contributed by atoms with Crippen LogP contribution < -0.4 is 5.56 Å². The Bertz CT molecular complexity index is 791. The normalized spacial score (nSPS) is 17.3. The molecule has 3 rings (SSSR count). The van der Waals surface area contributed by atoms with Gasteiger partial charge in [-0.3, -0.25) is 9.59 Å². The Morgan fingerprint density at radius 3 is 2.88 bits per heavy atom. The summed E-state index contributed by atoms with van der Waals surface area (Å²) in [5.41, 5.74) is 1.50. The summed E-state index contributed by atoms with van der Waals surface area (Å²) in [6.45, 7) is 1.64. The fraction of sp³-hybridized carbons (Fsp3) is 0.421. The van der Waals surface area contributed by atoms with Crippen molar-refractivity contribution in [3.05, 3.63) is 64.1 Å². The average Bonchev–Trinajstić information content (AvgIpc) is 2.66. The van der Waals surface area contributed by atoms with Gasteiger partial charge in [0, 0.05) is 31.3 Å². The van der Waals surface area contributed by atoms with Crippen LogP contribution in [0.15, 0.2) is 41.5 Å². The summed E-state index contributed by atoms with van der Waals surface area (Å²) in [5.74, 6) is -0.192. The van der Waals surface area contributed by atoms with E-state index in [9.17, 15) is 14.0 Å². The van der Waals surface area contributed by atoms with Crippen LogP contribution in [-0.2, 0) is 22.4 Å². The van der Waals surface area contributed by atoms with Crippen molar-refractivity contribution in [1.82, 2.24) is 14.9 Å². The number of amides is 1. The molecule has 1 aliphatic rings. The molecule has 2 heterocycles. The van der Waals surface area contributed by atoms with Crippen LogP contribution in [0.25, 0.3) is 0 Å². The molecule has 1 N–H and O–H groups in total. The Balaban J connectivity index is 1.47. The largest absolute Gasteiger partial charge is 0.375 e. The molecular formula is C19H22FN3O3. The predicted molar refractivity (Wildman–Crippen MR) is 94.2 cm³/mol. The first-order chi connectivity index (χ1) is 12.6. The lowest BCUT2D eigenvalue weighted by Gasteiger charge is -2.33. The average molecular weight is 359 g/mol. The van der Waals surface area contributed by atoms with Crippen LogP contribution in [0.5, 0.6) is 0 Å². The van der Waals surface area contributed by atoms with Crippen molar-refractivity contribution in [2.24, 2.45) is 0 Å². The molecule has 1 fully saturated rings. The first-order valence-corrected chi connectivity index (χ1v) is 8.77. The molecule has 26 heavy (non-hydrogen) atoms. The van der Waals surface area contributed by atoms with Crippen molar-refractivity contribution in [2.75, 3.05) is 19.7 Å². The van der Waals surface area contributed by atoms with Gasteiger partial charge in [0.15, 0.2) is 0 Å². The summed E-state index contributed by atoms with van der Waals surface area (Å²) in [5, 5.41) is 0. The highest BCUT2D eigenvalue weighted by atomic mass is 19.1. The standard InChI is InChI=1S/C19H22FN3O3/c20-15-4-1-14(2-5-15)3-8-19(25)23-9-10-26-17(12-23)7-6-16-11-18(24)22-13-21-16/h1-2,4-5,11,13,17H,3,6-10,12H2,(H,21,22,24)/t17-/m1/s1. The molecule has 0 spiro atoms. The molecule has 0 radical (unpaired) electrons. The van der Waals surface area contributed by atoms with Crippen molar-refractivity contribution in [2.45, 2.75) is 31.8 Å². The number of carbonyl (C=O) groups is 1. The molecule has 2 aromatic rings. The highest BCUT2D eigenvalue weighted by Gasteiger charge is 2.24. The van der Waals surface area contributed by atoms with E-state index in [1.165, 1.54) is 24.5 Å². The van der Waals surface area contributed by atoms with Crippen LogP contribution >= 0.6 is 0 Å². The third-order valence-corrected chi connectivity index (χ3v) is 4.49. The minimum absolute atomic E-state index is 0.0559. The number of rotatable bonds is 6. The Labute approximate surface area is 151 Å². The maximum atomic E-state index is 12.9. The maximum Gasteiger partial charge on any atom is 0.250 e. The number of H-pyrrole nitrogens is 1. The van der Waals surface area contributed by atoms with Gasteiger partial charge in [-0.1, -0.05) is 12.1 Å². The van der Waals surface area contributed by atoms with Gasteiger partial charge in [0.25, 0.3) is 5.56 Å². The SMILES string of the molecule is O=C(CCc1ccc(F)cc1)N1CCO[C@H](CCc2cc(=O)[nH]cn2)C1. The van der Waals surface area contributed by atoms with Crippen LogP contribution in [0.2, 0.25) is 0 Å². The molecule has 1 saturated heterocycles. The molecular weight excluding hydrogens is 337 g/mol. The predicted octanol–water partition coefficient (Wildman–Crippen LogP) is 1.70. The zero-order valence-corrected chi connectivity index (χ0v) is 14.5. The second kappa shape index (κ2) is 8.71. The number of nitrogens with zero attached hydrogens (tertiary/aromatic N) is 2. The van der Waals surface area contributed by atoms with E-state index in [2.05, 4.69) is 9.97 Å². The molecule has 138 valence electrons. The number of aromatic nitrogens is 2. The summed E-state index contributed by atoms with van der Waals surface area (Å²) in [4.78, 5) is 32.2. The third kappa shape index (κ3) is 5.23. The van der Waals surface area contributed by atoms with E-state index in [-0.39, 0.29) is 23.4 Å². The quantitative estimate of drug-likeness (QED) is 0.852. The topological polar surface area (TPSA) is 75.3 Å². The lowest BCUT2D eigenvalue weighted by molar-refractivity contribution is -0.138. The van der Waals surface area contributed by atoms with E-state index < -0.39 is 0 Å². The van der Waals surface area contributed by atoms with Crippen molar-refractivity contribution in [1.29, 1.82) is 0 Å². The zero-order chi connectivity index (χ0) is 18.4. The van der Waals surface area contributed by atoms with Gasteiger partial charge >= 0.3 is 0 Å². The molecule has 7 heteroatoms. The van der Waals surface area contributed by atoms with Gasteiger partial charge in [0.2, 0.25) is 5.91 Å². The first-order valence-electron chi connectivity index (χ1n) is 8.77. The van der Waals surface area contributed by atoms with Crippen molar-refractivity contribution in [3.8, 4) is 0 Å². The fourth-order valence-electron chi connectivity index (χ4n) is 3.04. The van der Waals surface area contributed by atoms with Gasteiger partial charge in [-0.2, -0.15) is 0 Å². The minimum Gasteiger partial charge on any atom is -0.375 e. The molecule has 1 aromatic carbocycles. The maximum absolute atomic E-state index is 12.9. The van der Waals surface area contributed by atoms with Gasteiger partial charge in [0.1, 0.15) is 5.82 Å². The van der Waals surface area contributed by atoms with Crippen LogP contribution in [0, 0.1) is 5.82 Å². The zero-order valence-electron chi connectivity index (χ0n) is 14.5. The lowest BCUT2D eigenvalue weighted by Crippen LogP contribution is -2.45. The van der Waals surface area contributed by atoms with E-state index in [1.54, 1.807) is 12.1 Å². The second-order valence-corrected chi connectivity index (χ2v) is 6.40. The van der Waals surface area contributed by atoms with Gasteiger partial charge in [0.05, 0.1) is 19.0 Å². The molecule has 0 unspecified atom stereocenters. The van der Waals surface area contributed by atoms with E-state index in [1.807, 2.05) is 4.90 Å². The van der Waals surface area contributed by atoms with E-state index >= 15 is 0 Å². The van der Waals surface area contributed by atoms with E-state index in [4.69, 9.17) is 4.74 Å². The lowest BCUT2D eigenvalue weighted by atomic mass is 10.1. The number of ether oxygens (including phenoxy) is 1. The summed E-state index contributed by atoms with van der Waals surface area (Å²) in [7, 11) is 0. The summed E-state index contributed by atoms with van der Waals surface area (Å²) in [6, 6.07) is 7.72. The Morgan fingerprint density at radius 1 is 1.31 bits per heavy atom. The Morgan fingerprint density at radius 2 is 2.12 bits per heavy atom. The number of nitrogens with one attached hydrogen (secondary N) is 1. The number of hydrogen-bond donors (Lipinski definition) is 1. The monoisotopic (exact) mass is 359 g/mol. The fourth-order valence-corrected chi connectivity index (χ4v) is 3.04. The van der Waals surface area contributed by atoms with Crippen LogP contribution in [0.3, 0.4) is 0 Å². The Kier molecular flexibility index (Phi) is 6.12. The Hall–Kier alpha value is -2.54. The van der Waals surface area contributed by atoms with Gasteiger partial charge in [-0.05, 0) is 37.0 Å². The van der Waals surface area contributed by atoms with Gasteiger partial charge in [-0.15, -0.1) is 0 Å². The van der Waals surface area contributed by atoms with Crippen molar-refractivity contribution in [3.63, 3.8) is 0 Å². The van der Waals surface area contributed by atoms with E-state index in [0.717, 1.165) is 11.3 Å². The van der Waals surface area contributed by atoms with Crippen LogP contribution in [0.4, 0.5) is 4.39 Å². The second-order valence-electron chi connectivity index (χ2n) is 6.40. The molecule has 0 aliphatic carbocycles. The molecule has 1 atom stereocenters. The van der Waals surface area contributed by atoms with Crippen molar-refractivity contribution < 1.29 is 13.9 Å².